The van der Waals surface area contributed by atoms with Crippen molar-refractivity contribution in [3.8, 4) is 5.75 Å². The molecular formula is C20H25N3O2. The average molecular weight is 339 g/mol. The number of amides is 1. The van der Waals surface area contributed by atoms with Crippen molar-refractivity contribution in [3.05, 3.63) is 59.4 Å². The molecule has 0 saturated carbocycles. The zero-order chi connectivity index (χ0) is 17.6. The third-order valence-electron chi connectivity index (χ3n) is 4.65. The summed E-state index contributed by atoms with van der Waals surface area (Å²) in [6, 6.07) is 12.0. The maximum Gasteiger partial charge on any atom is 0.253 e. The number of piperidine rings is 1. The molecule has 1 saturated heterocycles. The molecule has 2 heterocycles. The number of pyridine rings is 1. The van der Waals surface area contributed by atoms with E-state index in [1.54, 1.807) is 6.20 Å². The quantitative estimate of drug-likeness (QED) is 0.910. The molecule has 3 rings (SSSR count). The Labute approximate surface area is 149 Å². The molecule has 0 atom stereocenters. The lowest BCUT2D eigenvalue weighted by atomic mass is 10.0. The van der Waals surface area contributed by atoms with Gasteiger partial charge in [-0.2, -0.15) is 0 Å². The molecule has 0 aliphatic carbocycles. The third kappa shape index (κ3) is 4.57. The van der Waals surface area contributed by atoms with Crippen LogP contribution in [0.5, 0.6) is 5.75 Å². The molecule has 1 aromatic carbocycles. The highest BCUT2D eigenvalue weighted by Crippen LogP contribution is 2.16. The fourth-order valence-corrected chi connectivity index (χ4v) is 3.05. The molecule has 2 aromatic rings. The second-order valence-electron chi connectivity index (χ2n) is 6.48. The van der Waals surface area contributed by atoms with Gasteiger partial charge >= 0.3 is 0 Å². The summed E-state index contributed by atoms with van der Waals surface area (Å²) in [7, 11) is 1.98. The van der Waals surface area contributed by atoms with Crippen LogP contribution in [0.25, 0.3) is 0 Å². The van der Waals surface area contributed by atoms with Crippen LogP contribution in [0.2, 0.25) is 0 Å². The average Bonchev–Trinajstić information content (AvgIpc) is 2.67. The van der Waals surface area contributed by atoms with E-state index in [0.717, 1.165) is 48.5 Å². The number of nitrogens with one attached hydrogen (secondary N) is 1. The molecule has 5 heteroatoms. The number of hydrogen-bond acceptors (Lipinski definition) is 4. The van der Waals surface area contributed by atoms with Crippen LogP contribution in [0.3, 0.4) is 0 Å². The van der Waals surface area contributed by atoms with Crippen LogP contribution < -0.4 is 10.1 Å². The van der Waals surface area contributed by atoms with Crippen molar-refractivity contribution in [1.29, 1.82) is 0 Å². The zero-order valence-electron chi connectivity index (χ0n) is 14.9. The van der Waals surface area contributed by atoms with Gasteiger partial charge in [0.2, 0.25) is 0 Å². The second kappa shape index (κ2) is 8.12. The summed E-state index contributed by atoms with van der Waals surface area (Å²) in [6.07, 6.45) is 3.73. The van der Waals surface area contributed by atoms with Crippen LogP contribution in [0.1, 0.15) is 34.5 Å². The summed E-state index contributed by atoms with van der Waals surface area (Å²) < 4.78 is 5.76. The molecule has 1 aliphatic heterocycles. The molecule has 0 unspecified atom stereocenters. The van der Waals surface area contributed by atoms with Crippen molar-refractivity contribution >= 4 is 5.91 Å². The number of carbonyl (C=O) groups excluding carboxylic acids is 1. The standard InChI is InChI=1S/C20H25N3O2/c1-15-6-7-19(13-22-15)25-14-16-4-3-5-17(12-16)20(24)23-10-8-18(21-2)9-11-23/h3-7,12-13,18,21H,8-11,14H2,1-2H3. The highest BCUT2D eigenvalue weighted by atomic mass is 16.5. The Kier molecular flexibility index (Phi) is 5.66. The van der Waals surface area contributed by atoms with Crippen LogP contribution in [0, 0.1) is 6.92 Å². The Balaban J connectivity index is 1.61. The SMILES string of the molecule is CNC1CCN(C(=O)c2cccc(COc3ccc(C)nc3)c2)CC1. The van der Waals surface area contributed by atoms with Gasteiger partial charge in [-0.15, -0.1) is 0 Å². The van der Waals surface area contributed by atoms with Gasteiger partial charge in [-0.1, -0.05) is 12.1 Å². The molecule has 1 amide bonds. The molecule has 1 N–H and O–H groups in total. The minimum Gasteiger partial charge on any atom is -0.487 e. The summed E-state index contributed by atoms with van der Waals surface area (Å²) in [5.41, 5.74) is 2.67. The molecule has 1 fully saturated rings. The second-order valence-corrected chi connectivity index (χ2v) is 6.48. The number of aromatic nitrogens is 1. The number of ether oxygens (including phenoxy) is 1. The summed E-state index contributed by atoms with van der Waals surface area (Å²) in [6.45, 7) is 3.98. The van der Waals surface area contributed by atoms with E-state index in [4.69, 9.17) is 4.74 Å². The van der Waals surface area contributed by atoms with Crippen LogP contribution in [0.15, 0.2) is 42.6 Å². The first-order valence-corrected chi connectivity index (χ1v) is 8.76. The van der Waals surface area contributed by atoms with Crippen LogP contribution in [-0.2, 0) is 6.61 Å². The van der Waals surface area contributed by atoms with E-state index in [9.17, 15) is 4.79 Å². The van der Waals surface area contributed by atoms with Crippen molar-refractivity contribution in [2.24, 2.45) is 0 Å². The van der Waals surface area contributed by atoms with Gasteiger partial charge in [0.05, 0.1) is 6.20 Å². The highest BCUT2D eigenvalue weighted by Gasteiger charge is 2.22. The first kappa shape index (κ1) is 17.4. The van der Waals surface area contributed by atoms with E-state index in [0.29, 0.717) is 12.6 Å². The number of nitrogens with zero attached hydrogens (tertiary/aromatic N) is 2. The Morgan fingerprint density at radius 1 is 1.28 bits per heavy atom. The lowest BCUT2D eigenvalue weighted by Gasteiger charge is -2.32. The fourth-order valence-electron chi connectivity index (χ4n) is 3.05. The van der Waals surface area contributed by atoms with Crippen LogP contribution in [0.4, 0.5) is 0 Å². The largest absolute Gasteiger partial charge is 0.487 e. The molecule has 25 heavy (non-hydrogen) atoms. The van der Waals surface area contributed by atoms with Gasteiger partial charge in [0.15, 0.2) is 0 Å². The number of hydrogen-bond donors (Lipinski definition) is 1. The van der Waals surface area contributed by atoms with Gasteiger partial charge in [0.25, 0.3) is 5.91 Å². The van der Waals surface area contributed by atoms with Gasteiger partial charge in [0, 0.05) is 30.4 Å². The summed E-state index contributed by atoms with van der Waals surface area (Å²) in [5.74, 6) is 0.838. The van der Waals surface area contributed by atoms with E-state index in [1.807, 2.05) is 55.3 Å². The molecule has 132 valence electrons. The summed E-state index contributed by atoms with van der Waals surface area (Å²) in [4.78, 5) is 18.9. The van der Waals surface area contributed by atoms with Crippen molar-refractivity contribution in [3.63, 3.8) is 0 Å². The maximum absolute atomic E-state index is 12.7. The molecule has 0 bridgehead atoms. The van der Waals surface area contributed by atoms with E-state index in [1.165, 1.54) is 0 Å². The first-order chi connectivity index (χ1) is 12.2. The Hall–Kier alpha value is -2.40. The number of likely N-dealkylation sites (tertiary alicyclic amines) is 1. The predicted molar refractivity (Wildman–Crippen MR) is 97.7 cm³/mol. The van der Waals surface area contributed by atoms with Gasteiger partial charge in [-0.25, -0.2) is 0 Å². The number of carbonyl (C=O) groups is 1. The number of benzene rings is 1. The Morgan fingerprint density at radius 2 is 2.08 bits per heavy atom. The van der Waals surface area contributed by atoms with E-state index >= 15 is 0 Å². The normalized spacial score (nSPS) is 15.2. The predicted octanol–water partition coefficient (Wildman–Crippen LogP) is 2.79. The van der Waals surface area contributed by atoms with Crippen molar-refractivity contribution in [2.45, 2.75) is 32.4 Å². The van der Waals surface area contributed by atoms with Crippen LogP contribution >= 0.6 is 0 Å². The molecule has 0 radical (unpaired) electrons. The summed E-state index contributed by atoms with van der Waals surface area (Å²) in [5, 5.41) is 3.29. The Bertz CT molecular complexity index is 707. The zero-order valence-corrected chi connectivity index (χ0v) is 14.9. The van der Waals surface area contributed by atoms with Crippen molar-refractivity contribution in [1.82, 2.24) is 15.2 Å². The first-order valence-electron chi connectivity index (χ1n) is 8.76. The molecular weight excluding hydrogens is 314 g/mol. The van der Waals surface area contributed by atoms with Gasteiger partial charge in [-0.3, -0.25) is 9.78 Å². The van der Waals surface area contributed by atoms with Crippen LogP contribution in [-0.4, -0.2) is 42.0 Å². The van der Waals surface area contributed by atoms with Gasteiger partial charge in [0.1, 0.15) is 12.4 Å². The number of aryl methyl sites for hydroxylation is 1. The molecule has 1 aromatic heterocycles. The minimum atomic E-state index is 0.105. The van der Waals surface area contributed by atoms with Crippen molar-refractivity contribution < 1.29 is 9.53 Å². The Morgan fingerprint density at radius 3 is 2.76 bits per heavy atom. The lowest BCUT2D eigenvalue weighted by molar-refractivity contribution is 0.0707. The fraction of sp³-hybridized carbons (Fsp3) is 0.400. The van der Waals surface area contributed by atoms with Gasteiger partial charge < -0.3 is 15.0 Å². The van der Waals surface area contributed by atoms with E-state index in [-0.39, 0.29) is 5.91 Å². The monoisotopic (exact) mass is 339 g/mol. The van der Waals surface area contributed by atoms with Gasteiger partial charge in [-0.05, 0) is 56.6 Å². The minimum absolute atomic E-state index is 0.105. The number of rotatable bonds is 5. The van der Waals surface area contributed by atoms with E-state index in [2.05, 4.69) is 10.3 Å². The maximum atomic E-state index is 12.7. The van der Waals surface area contributed by atoms with Crippen molar-refractivity contribution in [2.75, 3.05) is 20.1 Å². The highest BCUT2D eigenvalue weighted by molar-refractivity contribution is 5.94. The smallest absolute Gasteiger partial charge is 0.253 e. The summed E-state index contributed by atoms with van der Waals surface area (Å²) >= 11 is 0. The molecule has 1 aliphatic rings. The topological polar surface area (TPSA) is 54.5 Å². The third-order valence-corrected chi connectivity index (χ3v) is 4.65. The molecule has 0 spiro atoms. The van der Waals surface area contributed by atoms with E-state index < -0.39 is 0 Å². The molecule has 5 nitrogen and oxygen atoms in total. The lowest BCUT2D eigenvalue weighted by Crippen LogP contribution is -2.43.